The van der Waals surface area contributed by atoms with Crippen LogP contribution in [0.4, 0.5) is 10.1 Å². The second kappa shape index (κ2) is 12.5. The Morgan fingerprint density at radius 1 is 1.32 bits per heavy atom. The van der Waals surface area contributed by atoms with Crippen LogP contribution in [0.3, 0.4) is 0 Å². The molecule has 0 saturated carbocycles. The number of carbonyl (C=O) groups excluding carboxylic acids is 1. The molecule has 0 spiro atoms. The summed E-state index contributed by atoms with van der Waals surface area (Å²) in [6.07, 6.45) is 1.95. The van der Waals surface area contributed by atoms with Crippen LogP contribution < -0.4 is 9.75 Å². The van der Waals surface area contributed by atoms with Gasteiger partial charge in [-0.05, 0) is 67.0 Å². The first-order valence-electron chi connectivity index (χ1n) is 10.5. The minimum absolute atomic E-state index is 0.200. The van der Waals surface area contributed by atoms with Crippen LogP contribution >= 0.6 is 57.6 Å². The van der Waals surface area contributed by atoms with Gasteiger partial charge >= 0.3 is 5.97 Å². The van der Waals surface area contributed by atoms with Crippen molar-refractivity contribution in [2.45, 2.75) is 33.1 Å². The maximum atomic E-state index is 14.0. The van der Waals surface area contributed by atoms with Crippen LogP contribution in [0.5, 0.6) is 5.75 Å². The van der Waals surface area contributed by atoms with Gasteiger partial charge in [-0.25, -0.2) is 9.18 Å². The van der Waals surface area contributed by atoms with E-state index in [-0.39, 0.29) is 16.1 Å². The van der Waals surface area contributed by atoms with Gasteiger partial charge in [0, 0.05) is 20.6 Å². The first-order chi connectivity index (χ1) is 16.3. The standard InChI is InChI=1S/C22H24Cl2FIN4O3S/c1-4-9-29(18-13(2)20(23)27-28-21(18)24)30-12-34-17(19(30)22(31)32-3)6-5-10-33-16-8-7-14(26)11-15(16)25/h7-8,11H,4-6,9-10,12H2,1-3H3. The highest BCUT2D eigenvalue weighted by Crippen LogP contribution is 2.41. The van der Waals surface area contributed by atoms with Gasteiger partial charge in [0.2, 0.25) is 0 Å². The monoisotopic (exact) mass is 640 g/mol. The number of nitrogens with zero attached hydrogens (tertiary/aromatic N) is 4. The molecular formula is C22H24Cl2FIN4O3S. The van der Waals surface area contributed by atoms with Crippen LogP contribution in [0.1, 0.15) is 31.7 Å². The summed E-state index contributed by atoms with van der Waals surface area (Å²) in [6, 6.07) is 4.83. The zero-order chi connectivity index (χ0) is 24.8. The fraction of sp³-hybridized carbons (Fsp3) is 0.409. The third kappa shape index (κ3) is 6.19. The van der Waals surface area contributed by atoms with Crippen LogP contribution in [-0.4, -0.2) is 47.3 Å². The molecule has 0 atom stereocenters. The van der Waals surface area contributed by atoms with Gasteiger partial charge in [-0.15, -0.1) is 22.0 Å². The number of anilines is 1. The first-order valence-corrected chi connectivity index (χ1v) is 13.4. The van der Waals surface area contributed by atoms with E-state index in [1.165, 1.54) is 24.9 Å². The maximum absolute atomic E-state index is 14.0. The number of hydrazine groups is 1. The summed E-state index contributed by atoms with van der Waals surface area (Å²) in [5.74, 6) is -0.144. The molecule has 0 radical (unpaired) electrons. The van der Waals surface area contributed by atoms with E-state index in [0.717, 1.165) is 14.9 Å². The highest BCUT2D eigenvalue weighted by atomic mass is 127. The largest absolute Gasteiger partial charge is 0.491 e. The topological polar surface area (TPSA) is 67.8 Å². The summed E-state index contributed by atoms with van der Waals surface area (Å²) >= 11 is 16.2. The predicted molar refractivity (Wildman–Crippen MR) is 142 cm³/mol. The molecule has 1 aromatic heterocycles. The van der Waals surface area contributed by atoms with Gasteiger partial charge in [0.25, 0.3) is 0 Å². The molecule has 1 aromatic carbocycles. The fourth-order valence-electron chi connectivity index (χ4n) is 3.45. The third-order valence-corrected chi connectivity index (χ3v) is 7.44. The van der Waals surface area contributed by atoms with E-state index in [1.807, 2.05) is 46.5 Å². The lowest BCUT2D eigenvalue weighted by Crippen LogP contribution is -2.43. The highest BCUT2D eigenvalue weighted by molar-refractivity contribution is 14.1. The second-order valence-corrected chi connectivity index (χ2v) is 10.3. The van der Waals surface area contributed by atoms with E-state index in [9.17, 15) is 9.18 Å². The zero-order valence-corrected chi connectivity index (χ0v) is 23.4. The number of methoxy groups -OCH3 is 1. The lowest BCUT2D eigenvalue weighted by Gasteiger charge is -2.36. The van der Waals surface area contributed by atoms with Crippen molar-refractivity contribution in [2.24, 2.45) is 0 Å². The van der Waals surface area contributed by atoms with Crippen molar-refractivity contribution in [3.8, 4) is 5.75 Å². The third-order valence-electron chi connectivity index (χ3n) is 5.03. The van der Waals surface area contributed by atoms with E-state index < -0.39 is 11.8 Å². The van der Waals surface area contributed by atoms with Crippen molar-refractivity contribution in [1.29, 1.82) is 0 Å². The molecule has 0 saturated heterocycles. The van der Waals surface area contributed by atoms with Crippen LogP contribution in [-0.2, 0) is 9.53 Å². The van der Waals surface area contributed by atoms with Crippen LogP contribution in [0.15, 0.2) is 28.8 Å². The number of benzene rings is 1. The number of hydrogen-bond donors (Lipinski definition) is 0. The van der Waals surface area contributed by atoms with E-state index in [1.54, 1.807) is 12.1 Å². The van der Waals surface area contributed by atoms with Gasteiger partial charge in [0.05, 0.1) is 19.6 Å². The molecule has 1 aliphatic heterocycles. The van der Waals surface area contributed by atoms with Crippen molar-refractivity contribution in [3.05, 3.63) is 54.1 Å². The summed E-state index contributed by atoms with van der Waals surface area (Å²) in [7, 11) is 1.35. The number of halogens is 4. The molecule has 0 amide bonds. The van der Waals surface area contributed by atoms with Gasteiger partial charge < -0.3 is 9.47 Å². The van der Waals surface area contributed by atoms with Gasteiger partial charge in [-0.2, -0.15) is 0 Å². The average molecular weight is 641 g/mol. The summed E-state index contributed by atoms with van der Waals surface area (Å²) in [5.41, 5.74) is 1.71. The summed E-state index contributed by atoms with van der Waals surface area (Å²) in [6.45, 7) is 4.72. The molecule has 0 fully saturated rings. The van der Waals surface area contributed by atoms with E-state index >= 15 is 0 Å². The van der Waals surface area contributed by atoms with Crippen LogP contribution in [0, 0.1) is 16.3 Å². The first kappa shape index (κ1) is 27.1. The molecule has 2 heterocycles. The number of aromatic nitrogens is 2. The molecule has 3 rings (SSSR count). The van der Waals surface area contributed by atoms with E-state index in [2.05, 4.69) is 10.2 Å². The Hall–Kier alpha value is -1.50. The Balaban J connectivity index is 1.82. The minimum Gasteiger partial charge on any atom is -0.491 e. The zero-order valence-electron chi connectivity index (χ0n) is 18.9. The molecular weight excluding hydrogens is 617 g/mol. The molecule has 0 aliphatic carbocycles. The van der Waals surface area contributed by atoms with Gasteiger partial charge in [0.15, 0.2) is 27.6 Å². The Bertz CT molecular complexity index is 1090. The normalized spacial score (nSPS) is 13.4. The Morgan fingerprint density at radius 3 is 2.74 bits per heavy atom. The number of allylic oxidation sites excluding steroid dienone is 1. The lowest BCUT2D eigenvalue weighted by molar-refractivity contribution is -0.137. The number of esters is 1. The SMILES string of the molecule is CCCN(c1c(Cl)nnc(Cl)c1C)N1CSC(CCCOc2ccc(I)cc2F)=C1C(=O)OC. The molecule has 0 bridgehead atoms. The van der Waals surface area contributed by atoms with Crippen molar-refractivity contribution in [1.82, 2.24) is 15.2 Å². The van der Waals surface area contributed by atoms with E-state index in [4.69, 9.17) is 32.7 Å². The maximum Gasteiger partial charge on any atom is 0.357 e. The van der Waals surface area contributed by atoms with Crippen molar-refractivity contribution in [3.63, 3.8) is 0 Å². The lowest BCUT2D eigenvalue weighted by atomic mass is 10.2. The summed E-state index contributed by atoms with van der Waals surface area (Å²) in [4.78, 5) is 13.7. The highest BCUT2D eigenvalue weighted by Gasteiger charge is 2.35. The van der Waals surface area contributed by atoms with Crippen molar-refractivity contribution >= 4 is 69.2 Å². The number of rotatable bonds is 10. The number of hydrogen-bond acceptors (Lipinski definition) is 8. The smallest absolute Gasteiger partial charge is 0.357 e. The second-order valence-electron chi connectivity index (χ2n) is 7.34. The fourth-order valence-corrected chi connectivity index (χ4v) is 5.47. The van der Waals surface area contributed by atoms with E-state index in [0.29, 0.717) is 48.8 Å². The Kier molecular flexibility index (Phi) is 9.93. The molecule has 0 N–H and O–H groups in total. The Morgan fingerprint density at radius 2 is 2.06 bits per heavy atom. The van der Waals surface area contributed by atoms with Crippen LogP contribution in [0.2, 0.25) is 10.3 Å². The summed E-state index contributed by atoms with van der Waals surface area (Å²) in [5, 5.41) is 12.0. The van der Waals surface area contributed by atoms with Crippen molar-refractivity contribution in [2.75, 3.05) is 31.1 Å². The van der Waals surface area contributed by atoms with Crippen LogP contribution in [0.25, 0.3) is 0 Å². The van der Waals surface area contributed by atoms with Gasteiger partial charge in [-0.1, -0.05) is 30.1 Å². The molecule has 0 unspecified atom stereocenters. The molecule has 184 valence electrons. The van der Waals surface area contributed by atoms with Gasteiger partial charge in [-0.3, -0.25) is 10.0 Å². The molecule has 1 aliphatic rings. The quantitative estimate of drug-likeness (QED) is 0.172. The average Bonchev–Trinajstić information content (AvgIpc) is 3.23. The molecule has 12 heteroatoms. The molecule has 34 heavy (non-hydrogen) atoms. The molecule has 2 aromatic rings. The predicted octanol–water partition coefficient (Wildman–Crippen LogP) is 6.22. The molecule has 7 nitrogen and oxygen atoms in total. The Labute approximate surface area is 226 Å². The number of carbonyl (C=O) groups is 1. The number of thioether (sulfide) groups is 1. The summed E-state index contributed by atoms with van der Waals surface area (Å²) < 4.78 is 25.5. The minimum atomic E-state index is -0.451. The number of ether oxygens (including phenoxy) is 2. The van der Waals surface area contributed by atoms with Crippen molar-refractivity contribution < 1.29 is 18.7 Å². The van der Waals surface area contributed by atoms with Gasteiger partial charge in [0.1, 0.15) is 5.69 Å².